The number of piperidine rings is 1. The molecular formula is C25H26ClF3N4O4S2. The molecule has 0 aliphatic carbocycles. The third kappa shape index (κ3) is 7.33. The molecule has 39 heavy (non-hydrogen) atoms. The number of aliphatic imine (C=N–C) groups is 1. The van der Waals surface area contributed by atoms with Crippen LogP contribution in [0.1, 0.15) is 36.4 Å². The molecule has 1 saturated heterocycles. The maximum absolute atomic E-state index is 14.6. The summed E-state index contributed by atoms with van der Waals surface area (Å²) in [5.41, 5.74) is 0.688. The number of nitrogens with one attached hydrogen (secondary N) is 1. The lowest BCUT2D eigenvalue weighted by Gasteiger charge is -2.40. The van der Waals surface area contributed by atoms with Gasteiger partial charge in [0.05, 0.1) is 24.5 Å². The van der Waals surface area contributed by atoms with Gasteiger partial charge in [0.1, 0.15) is 11.9 Å². The van der Waals surface area contributed by atoms with Crippen molar-refractivity contribution in [3.8, 4) is 0 Å². The van der Waals surface area contributed by atoms with Crippen LogP contribution in [0.4, 0.5) is 13.2 Å². The van der Waals surface area contributed by atoms with Gasteiger partial charge in [0, 0.05) is 52.6 Å². The quantitative estimate of drug-likeness (QED) is 0.375. The lowest BCUT2D eigenvalue weighted by molar-refractivity contribution is -0.139. The number of benzene rings is 1. The summed E-state index contributed by atoms with van der Waals surface area (Å²) in [5.74, 6) is -4.75. The molecule has 1 fully saturated rings. The normalized spacial score (nSPS) is 21.3. The Morgan fingerprint density at radius 2 is 2.18 bits per heavy atom. The molecule has 0 radical (unpaired) electrons. The smallest absolute Gasteiger partial charge is 0.338 e. The predicted octanol–water partition coefficient (Wildman–Crippen LogP) is 4.76. The van der Waals surface area contributed by atoms with Crippen LogP contribution in [0.15, 0.2) is 46.0 Å². The number of likely N-dealkylation sites (tertiary alicyclic amines) is 1. The second-order valence-corrected chi connectivity index (χ2v) is 11.3. The van der Waals surface area contributed by atoms with E-state index in [-0.39, 0.29) is 54.1 Å². The van der Waals surface area contributed by atoms with Gasteiger partial charge in [0.15, 0.2) is 10.8 Å². The monoisotopic (exact) mass is 602 g/mol. The third-order valence-electron chi connectivity index (χ3n) is 6.20. The van der Waals surface area contributed by atoms with Crippen molar-refractivity contribution in [1.82, 2.24) is 15.2 Å². The van der Waals surface area contributed by atoms with Crippen molar-refractivity contribution in [2.24, 2.45) is 4.99 Å². The fraction of sp³-hybridized carbons (Fsp3) is 0.440. The minimum absolute atomic E-state index is 0.0396. The number of carboxylic acid groups (broad SMARTS) is 1. The number of nitrogens with zero attached hydrogens (tertiary/aromatic N) is 3. The maximum atomic E-state index is 14.6. The molecule has 1 unspecified atom stereocenters. The van der Waals surface area contributed by atoms with E-state index in [2.05, 4.69) is 15.3 Å². The Morgan fingerprint density at radius 3 is 2.85 bits per heavy atom. The van der Waals surface area contributed by atoms with Gasteiger partial charge in [-0.15, -0.1) is 23.1 Å². The first-order valence-corrected chi connectivity index (χ1v) is 14.5. The van der Waals surface area contributed by atoms with E-state index in [0.717, 1.165) is 17.8 Å². The van der Waals surface area contributed by atoms with E-state index in [1.807, 2.05) is 0 Å². The second-order valence-electron chi connectivity index (χ2n) is 8.98. The second kappa shape index (κ2) is 12.7. The number of aromatic nitrogens is 1. The zero-order valence-corrected chi connectivity index (χ0v) is 23.2. The summed E-state index contributed by atoms with van der Waals surface area (Å²) >= 11 is 8.82. The minimum atomic E-state index is -2.96. The highest BCUT2D eigenvalue weighted by atomic mass is 35.5. The van der Waals surface area contributed by atoms with Gasteiger partial charge in [0.2, 0.25) is 0 Å². The standard InChI is InChI=1S/C25H26ClF3N4O4S2/c1-2-37-24(36)20-18(10-33-13-25(28,29)6-5-15(33)11-38-12-19(34)35)31-22(23-30-7-8-39-23)32-21(20)16-4-3-14(27)9-17(16)26/h3-4,7-9,15,21H,2,5-6,10-13H2,1H3,(H,31,32)(H,34,35)/t15?,21-/m0/s1. The van der Waals surface area contributed by atoms with Crippen molar-refractivity contribution < 1.29 is 32.6 Å². The van der Waals surface area contributed by atoms with Crippen molar-refractivity contribution >= 4 is 52.5 Å². The summed E-state index contributed by atoms with van der Waals surface area (Å²) in [6.07, 6.45) is 1.41. The van der Waals surface area contributed by atoms with Crippen molar-refractivity contribution in [2.75, 3.05) is 31.2 Å². The van der Waals surface area contributed by atoms with Crippen LogP contribution < -0.4 is 5.32 Å². The molecule has 3 heterocycles. The Kier molecular flexibility index (Phi) is 9.57. The number of rotatable bonds is 10. The molecule has 4 rings (SSSR count). The molecule has 14 heteroatoms. The Bertz CT molecular complexity index is 1280. The van der Waals surface area contributed by atoms with Crippen LogP contribution in [0.25, 0.3) is 0 Å². The molecule has 1 aromatic carbocycles. The van der Waals surface area contributed by atoms with Gasteiger partial charge in [-0.25, -0.2) is 22.9 Å². The van der Waals surface area contributed by atoms with Crippen molar-refractivity contribution in [2.45, 2.75) is 37.8 Å². The van der Waals surface area contributed by atoms with Crippen molar-refractivity contribution in [3.63, 3.8) is 0 Å². The first-order valence-electron chi connectivity index (χ1n) is 12.1. The number of hydrogen-bond acceptors (Lipinski definition) is 9. The Balaban J connectivity index is 1.78. The van der Waals surface area contributed by atoms with Crippen LogP contribution in [0.2, 0.25) is 5.02 Å². The molecule has 2 aliphatic rings. The Labute approximate surface area is 236 Å². The fourth-order valence-corrected chi connectivity index (χ4v) is 6.29. The molecule has 210 valence electrons. The molecular weight excluding hydrogens is 577 g/mol. The Hall–Kier alpha value is -2.61. The summed E-state index contributed by atoms with van der Waals surface area (Å²) in [6, 6.07) is 2.36. The van der Waals surface area contributed by atoms with Gasteiger partial charge in [0.25, 0.3) is 5.92 Å². The molecule has 8 nitrogen and oxygen atoms in total. The van der Waals surface area contributed by atoms with E-state index >= 15 is 0 Å². The lowest BCUT2D eigenvalue weighted by Crippen LogP contribution is -2.52. The number of hydrogen-bond donors (Lipinski definition) is 2. The van der Waals surface area contributed by atoms with Crippen LogP contribution >= 0.6 is 34.7 Å². The van der Waals surface area contributed by atoms with Gasteiger partial charge in [-0.3, -0.25) is 14.7 Å². The van der Waals surface area contributed by atoms with E-state index in [4.69, 9.17) is 21.4 Å². The largest absolute Gasteiger partial charge is 0.481 e. The van der Waals surface area contributed by atoms with Gasteiger partial charge < -0.3 is 15.2 Å². The highest BCUT2D eigenvalue weighted by Crippen LogP contribution is 2.38. The number of halogens is 4. The summed E-state index contributed by atoms with van der Waals surface area (Å²) in [6.45, 7) is 1.03. The number of thioether (sulfide) groups is 1. The summed E-state index contributed by atoms with van der Waals surface area (Å²) in [4.78, 5) is 34.8. The van der Waals surface area contributed by atoms with Crippen LogP contribution in [-0.2, 0) is 14.3 Å². The van der Waals surface area contributed by atoms with Gasteiger partial charge in [-0.1, -0.05) is 17.7 Å². The topological polar surface area (TPSA) is 104 Å². The van der Waals surface area contributed by atoms with Gasteiger partial charge in [-0.2, -0.15) is 0 Å². The molecule has 0 saturated carbocycles. The van der Waals surface area contributed by atoms with Crippen LogP contribution in [0, 0.1) is 5.82 Å². The fourth-order valence-electron chi connectivity index (χ4n) is 4.49. The first-order chi connectivity index (χ1) is 18.6. The Morgan fingerprint density at radius 1 is 1.38 bits per heavy atom. The molecule has 0 spiro atoms. The van der Waals surface area contributed by atoms with Crippen molar-refractivity contribution in [3.05, 3.63) is 62.5 Å². The highest BCUT2D eigenvalue weighted by molar-refractivity contribution is 7.99. The molecule has 1 aromatic heterocycles. The number of amidine groups is 1. The van der Waals surface area contributed by atoms with Crippen molar-refractivity contribution in [1.29, 1.82) is 0 Å². The van der Waals surface area contributed by atoms with E-state index in [0.29, 0.717) is 22.2 Å². The number of carbonyl (C=O) groups is 2. The van der Waals surface area contributed by atoms with E-state index < -0.39 is 36.3 Å². The van der Waals surface area contributed by atoms with Gasteiger partial charge in [-0.05, 0) is 25.5 Å². The SMILES string of the molecule is CCOC(=O)C1=C(CN2CC(F)(F)CCC2CSCC(=O)O)NC(c2nccs2)=N[C@H]1c1ccc(F)cc1Cl. The number of carboxylic acids is 1. The zero-order chi connectivity index (χ0) is 28.2. The minimum Gasteiger partial charge on any atom is -0.481 e. The lowest BCUT2D eigenvalue weighted by atomic mass is 9.94. The van der Waals surface area contributed by atoms with Crippen LogP contribution in [0.5, 0.6) is 0 Å². The van der Waals surface area contributed by atoms with E-state index in [1.54, 1.807) is 23.4 Å². The van der Waals surface area contributed by atoms with E-state index in [9.17, 15) is 22.8 Å². The van der Waals surface area contributed by atoms with Crippen LogP contribution in [0.3, 0.4) is 0 Å². The number of thiazole rings is 1. The molecule has 0 bridgehead atoms. The molecule has 2 N–H and O–H groups in total. The average molecular weight is 603 g/mol. The van der Waals surface area contributed by atoms with Crippen LogP contribution in [-0.4, -0.2) is 75.9 Å². The number of alkyl halides is 2. The number of ether oxygens (including phenoxy) is 1. The maximum Gasteiger partial charge on any atom is 0.338 e. The highest BCUT2D eigenvalue weighted by Gasteiger charge is 2.42. The molecule has 2 atom stereocenters. The summed E-state index contributed by atoms with van der Waals surface area (Å²) in [7, 11) is 0. The average Bonchev–Trinajstić information content (AvgIpc) is 3.40. The number of esters is 1. The van der Waals surface area contributed by atoms with E-state index in [1.165, 1.54) is 23.5 Å². The summed E-state index contributed by atoms with van der Waals surface area (Å²) < 4.78 is 48.4. The first kappa shape index (κ1) is 29.4. The predicted molar refractivity (Wildman–Crippen MR) is 144 cm³/mol. The summed E-state index contributed by atoms with van der Waals surface area (Å²) in [5, 5.41) is 14.4. The number of carbonyl (C=O) groups excluding carboxylic acids is 1. The van der Waals surface area contributed by atoms with Gasteiger partial charge >= 0.3 is 11.9 Å². The molecule has 0 amide bonds. The zero-order valence-electron chi connectivity index (χ0n) is 20.8. The molecule has 2 aliphatic heterocycles. The molecule has 2 aromatic rings. The number of aliphatic carboxylic acids is 1. The third-order valence-corrected chi connectivity index (χ3v) is 8.38.